The molecule has 146 valence electrons. The predicted molar refractivity (Wildman–Crippen MR) is 118 cm³/mol. The Bertz CT molecular complexity index is 949. The third kappa shape index (κ3) is 4.07. The summed E-state index contributed by atoms with van der Waals surface area (Å²) in [6.45, 7) is 0.809. The molecule has 2 aliphatic rings. The van der Waals surface area contributed by atoms with Crippen LogP contribution in [-0.4, -0.2) is 10.7 Å². The standard InChI is InChI=1S/C25H24NO2P/c1-2-10-20(11-3-1)19-26(23-14-6-7-15-23)29-27-24-16-8-4-12-21(24)18-22-13-5-9-17-25(22)28-29/h1-13,16-17,23H,14-15,18-19H2. The van der Waals surface area contributed by atoms with Crippen LogP contribution < -0.4 is 9.05 Å². The minimum absolute atomic E-state index is 0.389. The van der Waals surface area contributed by atoms with Crippen molar-refractivity contribution >= 4 is 8.53 Å². The summed E-state index contributed by atoms with van der Waals surface area (Å²) >= 11 is 0. The lowest BCUT2D eigenvalue weighted by molar-refractivity contribution is 0.282. The van der Waals surface area contributed by atoms with Gasteiger partial charge in [0.2, 0.25) is 0 Å². The third-order valence-electron chi connectivity index (χ3n) is 5.48. The fourth-order valence-electron chi connectivity index (χ4n) is 3.91. The zero-order valence-electron chi connectivity index (χ0n) is 16.3. The second-order valence-corrected chi connectivity index (χ2v) is 8.85. The molecule has 0 atom stereocenters. The predicted octanol–water partition coefficient (Wildman–Crippen LogP) is 6.50. The van der Waals surface area contributed by atoms with Gasteiger partial charge < -0.3 is 9.05 Å². The second-order valence-electron chi connectivity index (χ2n) is 7.49. The Morgan fingerprint density at radius 2 is 1.28 bits per heavy atom. The van der Waals surface area contributed by atoms with E-state index in [0.29, 0.717) is 6.04 Å². The highest BCUT2D eigenvalue weighted by Crippen LogP contribution is 2.50. The van der Waals surface area contributed by atoms with Gasteiger partial charge in [0.15, 0.2) is 0 Å². The molecular weight excluding hydrogens is 377 g/mol. The summed E-state index contributed by atoms with van der Waals surface area (Å²) in [7, 11) is -1.29. The van der Waals surface area contributed by atoms with Gasteiger partial charge in [0.1, 0.15) is 11.5 Å². The lowest BCUT2D eigenvalue weighted by Gasteiger charge is -2.35. The van der Waals surface area contributed by atoms with Crippen LogP contribution in [0, 0.1) is 0 Å². The molecule has 0 N–H and O–H groups in total. The number of nitrogens with zero attached hydrogens (tertiary/aromatic N) is 1. The van der Waals surface area contributed by atoms with Gasteiger partial charge in [-0.2, -0.15) is 0 Å². The van der Waals surface area contributed by atoms with E-state index >= 15 is 0 Å². The maximum absolute atomic E-state index is 6.58. The Hall–Kier alpha value is -2.61. The molecule has 3 nitrogen and oxygen atoms in total. The molecule has 0 bridgehead atoms. The Labute approximate surface area is 173 Å². The fraction of sp³-hybridized carbons (Fsp3) is 0.200. The van der Waals surface area contributed by atoms with Crippen molar-refractivity contribution in [3.05, 3.63) is 108 Å². The summed E-state index contributed by atoms with van der Waals surface area (Å²) in [6, 6.07) is 27.7. The van der Waals surface area contributed by atoms with Gasteiger partial charge in [-0.3, -0.25) is 0 Å². The molecule has 1 aliphatic heterocycles. The van der Waals surface area contributed by atoms with Gasteiger partial charge in [-0.1, -0.05) is 78.9 Å². The Balaban J connectivity index is 1.53. The van der Waals surface area contributed by atoms with Crippen molar-refractivity contribution in [2.24, 2.45) is 0 Å². The molecule has 29 heavy (non-hydrogen) atoms. The summed E-state index contributed by atoms with van der Waals surface area (Å²) in [5, 5.41) is 0. The van der Waals surface area contributed by atoms with Crippen molar-refractivity contribution in [1.29, 1.82) is 0 Å². The summed E-state index contributed by atoms with van der Waals surface area (Å²) in [4.78, 5) is 0. The molecule has 3 aromatic carbocycles. The summed E-state index contributed by atoms with van der Waals surface area (Å²) in [5.41, 5.74) is 3.69. The minimum atomic E-state index is -1.29. The minimum Gasteiger partial charge on any atom is -0.427 e. The monoisotopic (exact) mass is 401 g/mol. The maximum atomic E-state index is 6.58. The van der Waals surface area contributed by atoms with Crippen molar-refractivity contribution in [3.8, 4) is 11.5 Å². The van der Waals surface area contributed by atoms with Gasteiger partial charge >= 0.3 is 8.53 Å². The molecule has 0 saturated heterocycles. The van der Waals surface area contributed by atoms with Crippen LogP contribution >= 0.6 is 8.53 Å². The Kier molecular flexibility index (Phi) is 5.34. The SMILES string of the molecule is C1=CCC(N(Cc2ccccc2)P2Oc3ccccc3Cc3ccccc3O2)C1. The zero-order chi connectivity index (χ0) is 19.5. The topological polar surface area (TPSA) is 21.7 Å². The van der Waals surface area contributed by atoms with E-state index in [4.69, 9.17) is 9.05 Å². The smallest absolute Gasteiger partial charge is 0.385 e. The van der Waals surface area contributed by atoms with Gasteiger partial charge in [0, 0.05) is 19.0 Å². The van der Waals surface area contributed by atoms with Crippen LogP contribution in [0.15, 0.2) is 91.0 Å². The van der Waals surface area contributed by atoms with Crippen molar-refractivity contribution in [1.82, 2.24) is 4.67 Å². The van der Waals surface area contributed by atoms with Crippen LogP contribution in [-0.2, 0) is 13.0 Å². The first kappa shape index (κ1) is 18.4. The molecule has 3 aromatic rings. The van der Waals surface area contributed by atoms with Crippen LogP contribution in [0.25, 0.3) is 0 Å². The van der Waals surface area contributed by atoms with E-state index in [9.17, 15) is 0 Å². The molecule has 0 fully saturated rings. The molecule has 0 radical (unpaired) electrons. The molecule has 4 heteroatoms. The number of hydrogen-bond acceptors (Lipinski definition) is 3. The molecule has 0 amide bonds. The first-order valence-electron chi connectivity index (χ1n) is 10.1. The van der Waals surface area contributed by atoms with Crippen LogP contribution in [0.4, 0.5) is 0 Å². The van der Waals surface area contributed by atoms with Gasteiger partial charge in [-0.25, -0.2) is 4.67 Å². The number of para-hydroxylation sites is 2. The molecule has 1 aliphatic carbocycles. The Morgan fingerprint density at radius 1 is 0.724 bits per heavy atom. The van der Waals surface area contributed by atoms with E-state index in [2.05, 4.69) is 83.6 Å². The summed E-state index contributed by atoms with van der Waals surface area (Å²) < 4.78 is 15.6. The van der Waals surface area contributed by atoms with Gasteiger partial charge in [-0.15, -0.1) is 0 Å². The van der Waals surface area contributed by atoms with Gasteiger partial charge in [-0.05, 0) is 41.7 Å². The van der Waals surface area contributed by atoms with E-state index in [1.807, 2.05) is 12.1 Å². The van der Waals surface area contributed by atoms with E-state index in [0.717, 1.165) is 37.3 Å². The van der Waals surface area contributed by atoms with Crippen LogP contribution in [0.5, 0.6) is 11.5 Å². The largest absolute Gasteiger partial charge is 0.427 e. The maximum Gasteiger partial charge on any atom is 0.385 e. The first-order valence-corrected chi connectivity index (χ1v) is 11.3. The van der Waals surface area contributed by atoms with E-state index in [1.54, 1.807) is 0 Å². The lowest BCUT2D eigenvalue weighted by Crippen LogP contribution is -2.32. The van der Waals surface area contributed by atoms with E-state index in [-0.39, 0.29) is 0 Å². The number of benzene rings is 3. The molecule has 0 aromatic heterocycles. The fourth-order valence-corrected chi connectivity index (χ4v) is 5.59. The number of fused-ring (bicyclic) bond motifs is 2. The third-order valence-corrected chi connectivity index (χ3v) is 7.07. The molecule has 0 unspecified atom stereocenters. The highest BCUT2D eigenvalue weighted by molar-refractivity contribution is 7.45. The number of hydrogen-bond donors (Lipinski definition) is 0. The molecule has 0 spiro atoms. The average Bonchev–Trinajstić information content (AvgIpc) is 3.28. The van der Waals surface area contributed by atoms with Crippen LogP contribution in [0.2, 0.25) is 0 Å². The van der Waals surface area contributed by atoms with Gasteiger partial charge in [0.25, 0.3) is 0 Å². The average molecular weight is 401 g/mol. The lowest BCUT2D eigenvalue weighted by atomic mass is 10.0. The summed E-state index contributed by atoms with van der Waals surface area (Å²) in [5.74, 6) is 1.86. The van der Waals surface area contributed by atoms with E-state index in [1.165, 1.54) is 16.7 Å². The molecule has 0 saturated carbocycles. The van der Waals surface area contributed by atoms with Crippen molar-refractivity contribution in [2.75, 3.05) is 0 Å². The normalized spacial score (nSPS) is 16.4. The van der Waals surface area contributed by atoms with Crippen LogP contribution in [0.3, 0.4) is 0 Å². The van der Waals surface area contributed by atoms with Crippen molar-refractivity contribution in [2.45, 2.75) is 31.8 Å². The molecule has 1 heterocycles. The second kappa shape index (κ2) is 8.41. The quantitative estimate of drug-likeness (QED) is 0.368. The van der Waals surface area contributed by atoms with Crippen molar-refractivity contribution < 1.29 is 9.05 Å². The summed E-state index contributed by atoms with van der Waals surface area (Å²) in [6.07, 6.45) is 7.41. The highest BCUT2D eigenvalue weighted by atomic mass is 31.2. The zero-order valence-corrected chi connectivity index (χ0v) is 17.2. The highest BCUT2D eigenvalue weighted by Gasteiger charge is 2.34. The number of rotatable bonds is 4. The van der Waals surface area contributed by atoms with E-state index < -0.39 is 8.53 Å². The van der Waals surface area contributed by atoms with Crippen LogP contribution in [0.1, 0.15) is 29.5 Å². The first-order chi connectivity index (χ1) is 14.4. The molecular formula is C25H24NO2P. The Morgan fingerprint density at radius 3 is 1.90 bits per heavy atom. The van der Waals surface area contributed by atoms with Crippen molar-refractivity contribution in [3.63, 3.8) is 0 Å². The van der Waals surface area contributed by atoms with Gasteiger partial charge in [0.05, 0.1) is 0 Å². The molecule has 5 rings (SSSR count).